The molecule has 0 atom stereocenters. The van der Waals surface area contributed by atoms with Crippen LogP contribution in [0.25, 0.3) is 43.9 Å². The summed E-state index contributed by atoms with van der Waals surface area (Å²) in [6.45, 7) is 22.1. The minimum Gasteiger partial charge on any atom is -0.512 e. The van der Waals surface area contributed by atoms with Crippen LogP contribution in [0.3, 0.4) is 0 Å². The van der Waals surface area contributed by atoms with Crippen LogP contribution < -0.4 is 0 Å². The molecule has 0 bridgehead atoms. The average Bonchev–Trinajstić information content (AvgIpc) is 2.95. The van der Waals surface area contributed by atoms with Crippen LogP contribution in [0.5, 0.6) is 0 Å². The minimum atomic E-state index is -0.417. The molecule has 0 saturated heterocycles. The Bertz CT molecular complexity index is 1880. The third kappa shape index (κ3) is 8.81. The van der Waals surface area contributed by atoms with Crippen molar-refractivity contribution in [3.63, 3.8) is 0 Å². The summed E-state index contributed by atoms with van der Waals surface area (Å²) in [5.41, 5.74) is 7.58. The smallest absolute Gasteiger partial charge is 0.164 e. The van der Waals surface area contributed by atoms with Gasteiger partial charge in [-0.25, -0.2) is 0 Å². The first-order chi connectivity index (χ1) is 20.8. The maximum absolute atomic E-state index is 11.5. The molecule has 0 aliphatic carbocycles. The third-order valence-corrected chi connectivity index (χ3v) is 8.04. The molecule has 0 fully saturated rings. The van der Waals surface area contributed by atoms with Crippen LogP contribution in [0.1, 0.15) is 79.0 Å². The van der Waals surface area contributed by atoms with E-state index in [0.29, 0.717) is 0 Å². The molecule has 5 aromatic rings. The number of allylic oxidation sites excluding steroid dienone is 2. The molecule has 1 heterocycles. The molecule has 0 amide bonds. The molecule has 4 aromatic carbocycles. The van der Waals surface area contributed by atoms with Crippen molar-refractivity contribution >= 4 is 27.3 Å². The molecule has 0 unspecified atom stereocenters. The zero-order chi connectivity index (χ0) is 33.3. The van der Waals surface area contributed by atoms with Gasteiger partial charge in [-0.3, -0.25) is 4.79 Å². The van der Waals surface area contributed by atoms with Gasteiger partial charge < -0.3 is 10.1 Å². The van der Waals surface area contributed by atoms with E-state index in [0.717, 1.165) is 16.8 Å². The number of carbonyl (C=O) groups is 1. The van der Waals surface area contributed by atoms with Crippen LogP contribution in [0.15, 0.2) is 90.8 Å². The van der Waals surface area contributed by atoms with Crippen molar-refractivity contribution in [1.82, 2.24) is 4.98 Å². The molecule has 5 rings (SSSR count). The summed E-state index contributed by atoms with van der Waals surface area (Å²) in [5, 5.41) is 14.5. The SMILES string of the molecule is CC(C)(C)C(=O)/C=C(\O)C(C)(C)C.Cc1[c-]c(-c2nccc3c2ccc2cc(C)ccc23)cc(-c2ccc(C(C)(C)C)cc2)c1.[Ir]. The van der Waals surface area contributed by atoms with Crippen LogP contribution in [0.4, 0.5) is 0 Å². The predicted octanol–water partition coefficient (Wildman–Crippen LogP) is 11.5. The van der Waals surface area contributed by atoms with Gasteiger partial charge in [0.15, 0.2) is 5.78 Å². The number of benzene rings is 4. The Morgan fingerprint density at radius 1 is 0.717 bits per heavy atom. The summed E-state index contributed by atoms with van der Waals surface area (Å²) in [6, 6.07) is 30.1. The van der Waals surface area contributed by atoms with Gasteiger partial charge in [0.1, 0.15) is 5.76 Å². The van der Waals surface area contributed by atoms with Crippen molar-refractivity contribution in [3.05, 3.63) is 114 Å². The number of hydrogen-bond acceptors (Lipinski definition) is 3. The van der Waals surface area contributed by atoms with Gasteiger partial charge in [0.2, 0.25) is 0 Å². The average molecular weight is 791 g/mol. The molecule has 1 radical (unpaired) electrons. The number of aryl methyl sites for hydroxylation is 2. The molecule has 0 aliphatic rings. The Morgan fingerprint density at radius 2 is 1.35 bits per heavy atom. The van der Waals surface area contributed by atoms with Crippen molar-refractivity contribution in [1.29, 1.82) is 0 Å². The van der Waals surface area contributed by atoms with E-state index in [1.807, 2.05) is 47.7 Å². The second-order valence-corrected chi connectivity index (χ2v) is 15.2. The maximum Gasteiger partial charge on any atom is 0.164 e. The van der Waals surface area contributed by atoms with E-state index in [1.165, 1.54) is 49.9 Å². The van der Waals surface area contributed by atoms with Crippen LogP contribution in [0.2, 0.25) is 0 Å². The van der Waals surface area contributed by atoms with Gasteiger partial charge in [0.25, 0.3) is 0 Å². The molecular weight excluding hydrogens is 743 g/mol. The summed E-state index contributed by atoms with van der Waals surface area (Å²) in [6.07, 6.45) is 3.25. The Morgan fingerprint density at radius 3 is 1.93 bits per heavy atom. The van der Waals surface area contributed by atoms with Gasteiger partial charge in [0, 0.05) is 43.2 Å². The molecule has 0 spiro atoms. The fraction of sp³-hybridized carbons (Fsp3) is 0.333. The number of aliphatic hydroxyl groups is 1. The van der Waals surface area contributed by atoms with Gasteiger partial charge >= 0.3 is 0 Å². The van der Waals surface area contributed by atoms with Gasteiger partial charge in [-0.2, -0.15) is 0 Å². The number of ketones is 1. The zero-order valence-electron chi connectivity index (χ0n) is 29.2. The number of nitrogens with zero attached hydrogens (tertiary/aromatic N) is 1. The van der Waals surface area contributed by atoms with E-state index in [-0.39, 0.29) is 42.5 Å². The summed E-state index contributed by atoms with van der Waals surface area (Å²) >= 11 is 0. The summed E-state index contributed by atoms with van der Waals surface area (Å²) in [7, 11) is 0. The number of pyridine rings is 1. The summed E-state index contributed by atoms with van der Waals surface area (Å²) in [5.74, 6) is 0.104. The van der Waals surface area contributed by atoms with Crippen molar-refractivity contribution in [2.24, 2.45) is 10.8 Å². The van der Waals surface area contributed by atoms with Crippen LogP contribution in [-0.2, 0) is 30.3 Å². The summed E-state index contributed by atoms with van der Waals surface area (Å²) < 4.78 is 0. The molecule has 46 heavy (non-hydrogen) atoms. The first-order valence-corrected chi connectivity index (χ1v) is 15.7. The summed E-state index contributed by atoms with van der Waals surface area (Å²) in [4.78, 5) is 16.3. The molecule has 3 nitrogen and oxygen atoms in total. The number of fused-ring (bicyclic) bond motifs is 3. The number of carbonyl (C=O) groups excluding carboxylic acids is 1. The van der Waals surface area contributed by atoms with E-state index in [4.69, 9.17) is 4.98 Å². The van der Waals surface area contributed by atoms with Gasteiger partial charge in [-0.05, 0) is 56.8 Å². The molecule has 0 saturated carbocycles. The fourth-order valence-electron chi connectivity index (χ4n) is 5.06. The second kappa shape index (κ2) is 14.0. The van der Waals surface area contributed by atoms with E-state index >= 15 is 0 Å². The standard InChI is InChI=1S/C31H28N.C11H20O2.Ir/c1-20-6-12-27-23(16-20)9-13-29-28(27)14-15-32-30(29)25-18-21(2)17-24(19-25)22-7-10-26(11-8-22)31(3,4)5;1-10(2,3)8(12)7-9(13)11(4,5)6;/h6-17,19H,1-5H3;7,12H,1-6H3;/q-1;;/b;8-7-;. The molecule has 0 aliphatic heterocycles. The minimum absolute atomic E-state index is 0. The fourth-order valence-corrected chi connectivity index (χ4v) is 5.06. The topological polar surface area (TPSA) is 50.2 Å². The van der Waals surface area contributed by atoms with Crippen molar-refractivity contribution in [3.8, 4) is 22.4 Å². The maximum atomic E-state index is 11.5. The number of aromatic nitrogens is 1. The molecule has 1 N–H and O–H groups in total. The Hall–Kier alpha value is -3.59. The van der Waals surface area contributed by atoms with Gasteiger partial charge in [0.05, 0.1) is 0 Å². The van der Waals surface area contributed by atoms with Crippen molar-refractivity contribution in [2.75, 3.05) is 0 Å². The molecular formula is C42H48IrNO2-. The van der Waals surface area contributed by atoms with Crippen molar-refractivity contribution < 1.29 is 30.0 Å². The Balaban J connectivity index is 0.000000352. The zero-order valence-corrected chi connectivity index (χ0v) is 31.6. The number of rotatable bonds is 3. The van der Waals surface area contributed by atoms with Gasteiger partial charge in [-0.15, -0.1) is 34.9 Å². The van der Waals surface area contributed by atoms with Crippen molar-refractivity contribution in [2.45, 2.75) is 81.6 Å². The van der Waals surface area contributed by atoms with E-state index in [1.54, 1.807) is 0 Å². The first kappa shape index (κ1) is 36.9. The number of aliphatic hydroxyl groups excluding tert-OH is 1. The first-order valence-electron chi connectivity index (χ1n) is 15.7. The molecule has 1 aromatic heterocycles. The Kier molecular flexibility index (Phi) is 11.3. The largest absolute Gasteiger partial charge is 0.512 e. The van der Waals surface area contributed by atoms with Gasteiger partial charge in [-0.1, -0.05) is 129 Å². The second-order valence-electron chi connectivity index (χ2n) is 15.2. The van der Waals surface area contributed by atoms with E-state index < -0.39 is 5.41 Å². The molecule has 4 heteroatoms. The molecule has 243 valence electrons. The predicted molar refractivity (Wildman–Crippen MR) is 192 cm³/mol. The normalized spacial score (nSPS) is 12.4. The monoisotopic (exact) mass is 791 g/mol. The third-order valence-electron chi connectivity index (χ3n) is 8.04. The number of hydrogen-bond donors (Lipinski definition) is 1. The quantitative estimate of drug-likeness (QED) is 0.0857. The Labute approximate surface area is 289 Å². The van der Waals surface area contributed by atoms with E-state index in [2.05, 4.69) is 113 Å². The van der Waals surface area contributed by atoms with Crippen LogP contribution in [-0.4, -0.2) is 15.9 Å². The van der Waals surface area contributed by atoms with E-state index in [9.17, 15) is 9.90 Å². The van der Waals surface area contributed by atoms with Crippen LogP contribution in [0, 0.1) is 30.7 Å². The van der Waals surface area contributed by atoms with Crippen LogP contribution >= 0.6 is 0 Å².